The second-order valence-corrected chi connectivity index (χ2v) is 9.53. The van der Waals surface area contributed by atoms with Crippen LogP contribution in [0.5, 0.6) is 0 Å². The van der Waals surface area contributed by atoms with E-state index in [1.165, 1.54) is 16.9 Å². The minimum Gasteiger partial charge on any atom is -0.321 e. The molecule has 2 heterocycles. The number of carbonyl (C=O) groups excluding carboxylic acids is 1. The van der Waals surface area contributed by atoms with E-state index in [4.69, 9.17) is 0 Å². The van der Waals surface area contributed by atoms with Gasteiger partial charge in [-0.1, -0.05) is 42.5 Å². The van der Waals surface area contributed by atoms with E-state index in [0.717, 1.165) is 22.9 Å². The summed E-state index contributed by atoms with van der Waals surface area (Å²) in [7, 11) is -3.40. The lowest BCUT2D eigenvalue weighted by molar-refractivity contribution is 0.102. The van der Waals surface area contributed by atoms with Gasteiger partial charge in [0.25, 0.3) is 5.91 Å². The zero-order valence-electron chi connectivity index (χ0n) is 16.3. The number of hydrogen-bond acceptors (Lipinski definition) is 6. The lowest BCUT2D eigenvalue weighted by Crippen LogP contribution is -2.12. The van der Waals surface area contributed by atoms with Gasteiger partial charge in [0, 0.05) is 11.3 Å². The number of aromatic amines is 1. The number of rotatable bonds is 6. The van der Waals surface area contributed by atoms with Crippen LogP contribution in [0.25, 0.3) is 21.5 Å². The zero-order chi connectivity index (χ0) is 21.3. The Labute approximate surface area is 177 Å². The third-order valence-electron chi connectivity index (χ3n) is 4.40. The van der Waals surface area contributed by atoms with Crippen molar-refractivity contribution in [3.05, 3.63) is 59.8 Å². The number of amides is 1. The number of hydrogen-bond donors (Lipinski definition) is 3. The van der Waals surface area contributed by atoms with Gasteiger partial charge < -0.3 is 5.32 Å². The number of carbonyl (C=O) groups is 1. The van der Waals surface area contributed by atoms with Gasteiger partial charge >= 0.3 is 0 Å². The van der Waals surface area contributed by atoms with Crippen molar-refractivity contribution in [2.24, 2.45) is 0 Å². The Bertz CT molecular complexity index is 1320. The van der Waals surface area contributed by atoms with E-state index < -0.39 is 10.0 Å². The standard InChI is InChI=1S/C20H19N5O3S2/c1-3-12-4-6-13(7-5-12)16-11-17(24-23-16)19(26)21-14-8-9-15-18(10-14)29-20(22-15)25-30(2,27)28/h4-11H,3H2,1-2H3,(H,21,26)(H,22,25)(H,23,24). The smallest absolute Gasteiger partial charge is 0.273 e. The van der Waals surface area contributed by atoms with Gasteiger partial charge in [0.15, 0.2) is 5.13 Å². The Balaban J connectivity index is 1.50. The molecule has 0 fully saturated rings. The van der Waals surface area contributed by atoms with Gasteiger partial charge in [-0.2, -0.15) is 5.10 Å². The molecule has 0 bridgehead atoms. The normalized spacial score (nSPS) is 11.5. The zero-order valence-corrected chi connectivity index (χ0v) is 17.9. The lowest BCUT2D eigenvalue weighted by atomic mass is 10.1. The average Bonchev–Trinajstić information content (AvgIpc) is 3.33. The van der Waals surface area contributed by atoms with Gasteiger partial charge in [-0.25, -0.2) is 13.4 Å². The van der Waals surface area contributed by atoms with E-state index in [9.17, 15) is 13.2 Å². The highest BCUT2D eigenvalue weighted by Crippen LogP contribution is 2.29. The van der Waals surface area contributed by atoms with E-state index in [1.54, 1.807) is 24.3 Å². The van der Waals surface area contributed by atoms with Crippen LogP contribution < -0.4 is 10.0 Å². The minimum absolute atomic E-state index is 0.281. The summed E-state index contributed by atoms with van der Waals surface area (Å²) in [6, 6.07) is 14.9. The topological polar surface area (TPSA) is 117 Å². The predicted octanol–water partition coefficient (Wildman–Crippen LogP) is 3.87. The quantitative estimate of drug-likeness (QED) is 0.420. The van der Waals surface area contributed by atoms with Gasteiger partial charge in [0.1, 0.15) is 5.69 Å². The van der Waals surface area contributed by atoms with Crippen LogP contribution in [0.15, 0.2) is 48.5 Å². The molecule has 1 amide bonds. The van der Waals surface area contributed by atoms with Crippen LogP contribution in [-0.4, -0.2) is 35.8 Å². The Morgan fingerprint density at radius 3 is 2.60 bits per heavy atom. The fraction of sp³-hybridized carbons (Fsp3) is 0.150. The predicted molar refractivity (Wildman–Crippen MR) is 119 cm³/mol. The van der Waals surface area contributed by atoms with Gasteiger partial charge in [0.05, 0.1) is 22.2 Å². The number of thiazole rings is 1. The molecule has 0 radical (unpaired) electrons. The summed E-state index contributed by atoms with van der Waals surface area (Å²) in [6.45, 7) is 2.10. The summed E-state index contributed by atoms with van der Waals surface area (Å²) in [6.07, 6.45) is 2.03. The SMILES string of the molecule is CCc1ccc(-c2cc(C(=O)Nc3ccc4nc(NS(C)(=O)=O)sc4c3)[nH]n2)cc1. The first-order chi connectivity index (χ1) is 14.3. The maximum absolute atomic E-state index is 12.6. The van der Waals surface area contributed by atoms with Crippen molar-refractivity contribution in [3.8, 4) is 11.3 Å². The summed E-state index contributed by atoms with van der Waals surface area (Å²) in [5, 5.41) is 10.1. The second kappa shape index (κ2) is 7.88. The Morgan fingerprint density at radius 2 is 1.90 bits per heavy atom. The van der Waals surface area contributed by atoms with Crippen molar-refractivity contribution in [3.63, 3.8) is 0 Å². The van der Waals surface area contributed by atoms with E-state index in [-0.39, 0.29) is 11.0 Å². The summed E-state index contributed by atoms with van der Waals surface area (Å²) < 4.78 is 25.9. The Hall–Kier alpha value is -3.24. The second-order valence-electron chi connectivity index (χ2n) is 6.75. The molecule has 0 aliphatic heterocycles. The molecule has 30 heavy (non-hydrogen) atoms. The molecule has 0 atom stereocenters. The number of benzene rings is 2. The van der Waals surface area contributed by atoms with Crippen molar-refractivity contribution in [1.82, 2.24) is 15.2 Å². The maximum atomic E-state index is 12.6. The fourth-order valence-electron chi connectivity index (χ4n) is 2.90. The molecule has 0 aliphatic rings. The van der Waals surface area contributed by atoms with Crippen LogP contribution in [0.1, 0.15) is 23.0 Å². The van der Waals surface area contributed by atoms with Gasteiger partial charge in [0.2, 0.25) is 10.0 Å². The maximum Gasteiger partial charge on any atom is 0.273 e. The minimum atomic E-state index is -3.40. The monoisotopic (exact) mass is 441 g/mol. The largest absolute Gasteiger partial charge is 0.321 e. The fourth-order valence-corrected chi connectivity index (χ4v) is 4.64. The molecule has 2 aromatic carbocycles. The number of anilines is 2. The number of H-pyrrole nitrogens is 1. The molecule has 0 aliphatic carbocycles. The highest BCUT2D eigenvalue weighted by molar-refractivity contribution is 7.92. The van der Waals surface area contributed by atoms with Gasteiger partial charge in [-0.3, -0.25) is 14.6 Å². The molecule has 0 spiro atoms. The Morgan fingerprint density at radius 1 is 1.13 bits per heavy atom. The van der Waals surface area contributed by atoms with Crippen LogP contribution >= 0.6 is 11.3 Å². The van der Waals surface area contributed by atoms with Crippen LogP contribution in [-0.2, 0) is 16.4 Å². The molecule has 8 nitrogen and oxygen atoms in total. The van der Waals surface area contributed by atoms with E-state index in [0.29, 0.717) is 22.6 Å². The first-order valence-electron chi connectivity index (χ1n) is 9.15. The van der Waals surface area contributed by atoms with Crippen LogP contribution in [0.2, 0.25) is 0 Å². The molecule has 0 saturated carbocycles. The molecule has 3 N–H and O–H groups in total. The van der Waals surface area contributed by atoms with Crippen LogP contribution in [0.4, 0.5) is 10.8 Å². The Kier molecular flexibility index (Phi) is 5.27. The molecule has 4 aromatic rings. The van der Waals surface area contributed by atoms with Crippen LogP contribution in [0.3, 0.4) is 0 Å². The number of nitrogens with one attached hydrogen (secondary N) is 3. The third-order valence-corrected chi connectivity index (χ3v) is 6.03. The third kappa shape index (κ3) is 4.50. The van der Waals surface area contributed by atoms with Crippen molar-refractivity contribution < 1.29 is 13.2 Å². The van der Waals surface area contributed by atoms with E-state index in [1.807, 2.05) is 24.3 Å². The first-order valence-corrected chi connectivity index (χ1v) is 11.9. The molecular formula is C20H19N5O3S2. The summed E-state index contributed by atoms with van der Waals surface area (Å²) >= 11 is 1.19. The van der Waals surface area contributed by atoms with Crippen molar-refractivity contribution >= 4 is 48.3 Å². The van der Waals surface area contributed by atoms with Crippen molar-refractivity contribution in [1.29, 1.82) is 0 Å². The number of aromatic nitrogens is 3. The molecule has 10 heteroatoms. The molecule has 0 unspecified atom stereocenters. The van der Waals surface area contributed by atoms with E-state index in [2.05, 4.69) is 32.1 Å². The molecular weight excluding hydrogens is 422 g/mol. The first kappa shape index (κ1) is 20.0. The molecule has 2 aromatic heterocycles. The number of sulfonamides is 1. The summed E-state index contributed by atoms with van der Waals surface area (Å²) in [4.78, 5) is 16.8. The summed E-state index contributed by atoms with van der Waals surface area (Å²) in [5.74, 6) is -0.322. The van der Waals surface area contributed by atoms with Crippen LogP contribution in [0, 0.1) is 0 Å². The summed E-state index contributed by atoms with van der Waals surface area (Å²) in [5.41, 5.74) is 4.42. The van der Waals surface area contributed by atoms with Gasteiger partial charge in [-0.15, -0.1) is 0 Å². The molecule has 4 rings (SSSR count). The molecule has 154 valence electrons. The van der Waals surface area contributed by atoms with E-state index >= 15 is 0 Å². The number of fused-ring (bicyclic) bond motifs is 1. The highest BCUT2D eigenvalue weighted by atomic mass is 32.2. The number of nitrogens with zero attached hydrogens (tertiary/aromatic N) is 2. The lowest BCUT2D eigenvalue weighted by Gasteiger charge is -2.03. The highest BCUT2D eigenvalue weighted by Gasteiger charge is 2.13. The van der Waals surface area contributed by atoms with Gasteiger partial charge in [-0.05, 0) is 36.2 Å². The number of aryl methyl sites for hydroxylation is 1. The van der Waals surface area contributed by atoms with Crippen molar-refractivity contribution in [2.45, 2.75) is 13.3 Å². The molecule has 0 saturated heterocycles. The average molecular weight is 442 g/mol. The van der Waals surface area contributed by atoms with Crippen molar-refractivity contribution in [2.75, 3.05) is 16.3 Å².